The molecule has 29 heavy (non-hydrogen) atoms. The highest BCUT2D eigenvalue weighted by molar-refractivity contribution is 5.64. The molecule has 4 atom stereocenters. The minimum atomic E-state index is 0.796. The highest BCUT2D eigenvalue weighted by atomic mass is 14.4. The summed E-state index contributed by atoms with van der Waals surface area (Å²) in [4.78, 5) is 0. The summed E-state index contributed by atoms with van der Waals surface area (Å²) in [5, 5.41) is 0. The second-order valence-electron chi connectivity index (χ2n) is 9.88. The van der Waals surface area contributed by atoms with E-state index < -0.39 is 0 Å². The van der Waals surface area contributed by atoms with Gasteiger partial charge in [0, 0.05) is 0 Å². The molecule has 2 saturated carbocycles. The molecule has 0 N–H and O–H groups in total. The standard InChI is InChI=1S/C29H40/c1-3-5-6-7-23-10-13-29-21-28(19-18-27(29)20-23)26-16-14-25(15-17-26)24-11-8-22(4-2)9-12-24/h8-9,11-12,14-17,23,27-29H,3-7,10,13,18-21H2,1-2H3/t23?,27-,28-,29-/m1/s1. The zero-order chi connectivity index (χ0) is 20.1. The fourth-order valence-corrected chi connectivity index (χ4v) is 6.11. The van der Waals surface area contributed by atoms with Gasteiger partial charge in [0.15, 0.2) is 0 Å². The van der Waals surface area contributed by atoms with Crippen LogP contribution in [0.3, 0.4) is 0 Å². The van der Waals surface area contributed by atoms with Gasteiger partial charge in [0.2, 0.25) is 0 Å². The first-order chi connectivity index (χ1) is 14.3. The van der Waals surface area contributed by atoms with Crippen LogP contribution >= 0.6 is 0 Å². The number of rotatable bonds is 7. The Labute approximate surface area is 179 Å². The molecule has 0 radical (unpaired) electrons. The topological polar surface area (TPSA) is 0 Å². The van der Waals surface area contributed by atoms with Crippen LogP contribution in [0.15, 0.2) is 48.5 Å². The van der Waals surface area contributed by atoms with Crippen molar-refractivity contribution in [1.82, 2.24) is 0 Å². The van der Waals surface area contributed by atoms with Crippen LogP contribution in [0.2, 0.25) is 0 Å². The van der Waals surface area contributed by atoms with Gasteiger partial charge in [-0.2, -0.15) is 0 Å². The van der Waals surface area contributed by atoms with Crippen LogP contribution in [-0.2, 0) is 6.42 Å². The predicted octanol–water partition coefficient (Wildman–Crippen LogP) is 8.80. The Morgan fingerprint density at radius 3 is 2.03 bits per heavy atom. The quantitative estimate of drug-likeness (QED) is 0.416. The molecule has 0 aliphatic heterocycles. The summed E-state index contributed by atoms with van der Waals surface area (Å²) in [7, 11) is 0. The molecule has 0 bridgehead atoms. The largest absolute Gasteiger partial charge is 0.0654 e. The van der Waals surface area contributed by atoms with Gasteiger partial charge < -0.3 is 0 Å². The molecule has 0 saturated heterocycles. The van der Waals surface area contributed by atoms with Gasteiger partial charge in [-0.15, -0.1) is 0 Å². The van der Waals surface area contributed by atoms with Crippen molar-refractivity contribution in [2.45, 2.75) is 90.4 Å². The van der Waals surface area contributed by atoms with Crippen LogP contribution in [0, 0.1) is 17.8 Å². The van der Waals surface area contributed by atoms with E-state index in [4.69, 9.17) is 0 Å². The average molecular weight is 389 g/mol. The average Bonchev–Trinajstić information content (AvgIpc) is 2.79. The number of hydrogen-bond donors (Lipinski definition) is 0. The number of benzene rings is 2. The van der Waals surface area contributed by atoms with Gasteiger partial charge in [-0.05, 0) is 84.5 Å². The minimum Gasteiger partial charge on any atom is -0.0654 e. The molecule has 0 aromatic heterocycles. The van der Waals surface area contributed by atoms with E-state index in [0.717, 1.165) is 30.1 Å². The predicted molar refractivity (Wildman–Crippen MR) is 126 cm³/mol. The highest BCUT2D eigenvalue weighted by Crippen LogP contribution is 2.48. The fraction of sp³-hybridized carbons (Fsp3) is 0.586. The number of hydrogen-bond acceptors (Lipinski definition) is 0. The van der Waals surface area contributed by atoms with Gasteiger partial charge in [0.25, 0.3) is 0 Å². The third-order valence-electron chi connectivity index (χ3n) is 8.02. The second kappa shape index (κ2) is 9.96. The lowest BCUT2D eigenvalue weighted by Gasteiger charge is -2.42. The van der Waals surface area contributed by atoms with Gasteiger partial charge in [-0.25, -0.2) is 0 Å². The van der Waals surface area contributed by atoms with Crippen molar-refractivity contribution in [2.75, 3.05) is 0 Å². The molecule has 156 valence electrons. The van der Waals surface area contributed by atoms with Gasteiger partial charge in [0.05, 0.1) is 0 Å². The molecule has 0 amide bonds. The first-order valence-corrected chi connectivity index (χ1v) is 12.5. The molecule has 2 aliphatic rings. The number of unbranched alkanes of at least 4 members (excludes halogenated alkanes) is 2. The van der Waals surface area contributed by atoms with Crippen LogP contribution < -0.4 is 0 Å². The first kappa shape index (κ1) is 20.7. The molecule has 0 nitrogen and oxygen atoms in total. The van der Waals surface area contributed by atoms with Crippen LogP contribution in [0.25, 0.3) is 11.1 Å². The monoisotopic (exact) mass is 388 g/mol. The maximum atomic E-state index is 2.42. The molecule has 2 aromatic rings. The number of fused-ring (bicyclic) bond motifs is 1. The lowest BCUT2D eigenvalue weighted by Crippen LogP contribution is -2.30. The molecule has 2 aliphatic carbocycles. The SMILES string of the molecule is CCCCCC1CC[C@@H]2C[C@H](c3ccc(-c4ccc(CC)cc4)cc3)CC[C@@H]2C1. The Morgan fingerprint density at radius 1 is 0.690 bits per heavy atom. The van der Waals surface area contributed by atoms with E-state index in [1.807, 2.05) is 0 Å². The summed E-state index contributed by atoms with van der Waals surface area (Å²) >= 11 is 0. The second-order valence-corrected chi connectivity index (χ2v) is 9.88. The van der Waals surface area contributed by atoms with Crippen molar-refractivity contribution in [3.8, 4) is 11.1 Å². The maximum Gasteiger partial charge on any atom is -0.0159 e. The summed E-state index contributed by atoms with van der Waals surface area (Å²) in [6, 6.07) is 18.6. The maximum absolute atomic E-state index is 2.42. The lowest BCUT2D eigenvalue weighted by molar-refractivity contribution is 0.113. The van der Waals surface area contributed by atoms with E-state index in [0.29, 0.717) is 0 Å². The van der Waals surface area contributed by atoms with E-state index in [1.165, 1.54) is 80.9 Å². The molecule has 0 spiro atoms. The van der Waals surface area contributed by atoms with Crippen LogP contribution in [0.4, 0.5) is 0 Å². The third-order valence-corrected chi connectivity index (χ3v) is 8.02. The molecule has 4 rings (SSSR count). The molecule has 2 aromatic carbocycles. The summed E-state index contributed by atoms with van der Waals surface area (Å²) in [6.07, 6.45) is 15.7. The van der Waals surface area contributed by atoms with E-state index in [-0.39, 0.29) is 0 Å². The summed E-state index contributed by atoms with van der Waals surface area (Å²) in [5.74, 6) is 3.86. The van der Waals surface area contributed by atoms with Crippen molar-refractivity contribution in [1.29, 1.82) is 0 Å². The Kier molecular flexibility index (Phi) is 7.11. The van der Waals surface area contributed by atoms with Gasteiger partial charge in [-0.3, -0.25) is 0 Å². The van der Waals surface area contributed by atoms with Gasteiger partial charge in [0.1, 0.15) is 0 Å². The zero-order valence-corrected chi connectivity index (χ0v) is 18.7. The molecular weight excluding hydrogens is 348 g/mol. The van der Waals surface area contributed by atoms with Crippen LogP contribution in [-0.4, -0.2) is 0 Å². The molecule has 0 heteroatoms. The normalized spacial score (nSPS) is 26.8. The van der Waals surface area contributed by atoms with Crippen molar-refractivity contribution in [3.05, 3.63) is 59.7 Å². The highest BCUT2D eigenvalue weighted by Gasteiger charge is 2.35. The summed E-state index contributed by atoms with van der Waals surface area (Å²) in [6.45, 7) is 4.55. The minimum absolute atomic E-state index is 0.796. The molecular formula is C29H40. The van der Waals surface area contributed by atoms with Crippen molar-refractivity contribution >= 4 is 0 Å². The van der Waals surface area contributed by atoms with E-state index >= 15 is 0 Å². The van der Waals surface area contributed by atoms with Crippen LogP contribution in [0.5, 0.6) is 0 Å². The third kappa shape index (κ3) is 5.14. The molecule has 2 fully saturated rings. The van der Waals surface area contributed by atoms with Crippen LogP contribution in [0.1, 0.15) is 95.1 Å². The Balaban J connectivity index is 1.33. The van der Waals surface area contributed by atoms with Gasteiger partial charge in [-0.1, -0.05) is 94.5 Å². The first-order valence-electron chi connectivity index (χ1n) is 12.5. The van der Waals surface area contributed by atoms with E-state index in [1.54, 1.807) is 5.56 Å². The number of aryl methyl sites for hydroxylation is 1. The van der Waals surface area contributed by atoms with Crippen molar-refractivity contribution in [3.63, 3.8) is 0 Å². The Bertz CT molecular complexity index is 739. The van der Waals surface area contributed by atoms with Gasteiger partial charge >= 0.3 is 0 Å². The Morgan fingerprint density at radius 2 is 1.34 bits per heavy atom. The Hall–Kier alpha value is -1.56. The molecule has 0 heterocycles. The summed E-state index contributed by atoms with van der Waals surface area (Å²) in [5.41, 5.74) is 5.71. The van der Waals surface area contributed by atoms with E-state index in [2.05, 4.69) is 62.4 Å². The van der Waals surface area contributed by atoms with Crippen molar-refractivity contribution in [2.24, 2.45) is 17.8 Å². The van der Waals surface area contributed by atoms with Crippen molar-refractivity contribution < 1.29 is 0 Å². The van der Waals surface area contributed by atoms with E-state index in [9.17, 15) is 0 Å². The zero-order valence-electron chi connectivity index (χ0n) is 18.7. The summed E-state index contributed by atoms with van der Waals surface area (Å²) < 4.78 is 0. The fourth-order valence-electron chi connectivity index (χ4n) is 6.11. The smallest absolute Gasteiger partial charge is 0.0159 e. The lowest BCUT2D eigenvalue weighted by atomic mass is 9.63. The molecule has 1 unspecified atom stereocenters.